The summed E-state index contributed by atoms with van der Waals surface area (Å²) in [6.07, 6.45) is 1.38. The maximum Gasteiger partial charge on any atom is 0.0192 e. The van der Waals surface area contributed by atoms with Crippen molar-refractivity contribution in [2.24, 2.45) is 5.92 Å². The molecule has 0 spiro atoms. The molecule has 2 atom stereocenters. The van der Waals surface area contributed by atoms with Gasteiger partial charge in [-0.25, -0.2) is 0 Å². The lowest BCUT2D eigenvalue weighted by Crippen LogP contribution is -2.00. The number of hydrogen-bond acceptors (Lipinski definition) is 1. The van der Waals surface area contributed by atoms with Crippen molar-refractivity contribution in [2.75, 3.05) is 0 Å². The lowest BCUT2D eigenvalue weighted by Gasteiger charge is -1.82. The minimum absolute atomic E-state index is 0.839. The van der Waals surface area contributed by atoms with Gasteiger partial charge in [-0.3, -0.25) is 3.53 Å². The van der Waals surface area contributed by atoms with Crippen LogP contribution in [-0.4, -0.2) is 6.04 Å². The van der Waals surface area contributed by atoms with E-state index in [2.05, 4.69) is 33.3 Å². The Bertz CT molecular complexity index is 53.5. The third-order valence-corrected chi connectivity index (χ3v) is 2.05. The van der Waals surface area contributed by atoms with Gasteiger partial charge in [-0.05, 0) is 12.3 Å². The van der Waals surface area contributed by atoms with Gasteiger partial charge in [0.25, 0.3) is 0 Å². The van der Waals surface area contributed by atoms with Crippen molar-refractivity contribution in [3.8, 4) is 0 Å². The van der Waals surface area contributed by atoms with Crippen molar-refractivity contribution < 1.29 is 0 Å². The molecular formula is C4H8IN. The number of halogens is 1. The molecule has 0 amide bonds. The Kier molecular flexibility index (Phi) is 1.34. The molecule has 0 aromatic rings. The van der Waals surface area contributed by atoms with Gasteiger partial charge >= 0.3 is 0 Å². The average Bonchev–Trinajstić information content (AvgIpc) is 2.19. The number of rotatable bonds is 1. The molecule has 0 saturated heterocycles. The van der Waals surface area contributed by atoms with E-state index in [1.54, 1.807) is 0 Å². The summed E-state index contributed by atoms with van der Waals surface area (Å²) in [6.45, 7) is 2.26. The molecule has 0 aromatic heterocycles. The average molecular weight is 197 g/mol. The smallest absolute Gasteiger partial charge is 0.0192 e. The van der Waals surface area contributed by atoms with Crippen molar-refractivity contribution >= 4 is 22.9 Å². The summed E-state index contributed by atoms with van der Waals surface area (Å²) in [5, 5.41) is 0. The lowest BCUT2D eigenvalue weighted by atomic mass is 10.5. The van der Waals surface area contributed by atoms with Crippen LogP contribution in [0.2, 0.25) is 0 Å². The molecule has 6 heavy (non-hydrogen) atoms. The lowest BCUT2D eigenvalue weighted by molar-refractivity contribution is 0.868. The molecule has 1 aliphatic carbocycles. The summed E-state index contributed by atoms with van der Waals surface area (Å²) >= 11 is 2.21. The predicted molar refractivity (Wildman–Crippen MR) is 34.7 cm³/mol. The topological polar surface area (TPSA) is 12.0 Å². The largest absolute Gasteiger partial charge is 0.258 e. The van der Waals surface area contributed by atoms with Gasteiger partial charge in [0.05, 0.1) is 0 Å². The van der Waals surface area contributed by atoms with Gasteiger partial charge in [-0.2, -0.15) is 0 Å². The first-order valence-corrected chi connectivity index (χ1v) is 3.28. The van der Waals surface area contributed by atoms with E-state index in [0.717, 1.165) is 12.0 Å². The van der Waals surface area contributed by atoms with E-state index in [0.29, 0.717) is 0 Å². The van der Waals surface area contributed by atoms with Crippen LogP contribution in [0.3, 0.4) is 0 Å². The fraction of sp³-hybridized carbons (Fsp3) is 1.00. The summed E-state index contributed by atoms with van der Waals surface area (Å²) in [5.41, 5.74) is 0. The summed E-state index contributed by atoms with van der Waals surface area (Å²) in [6, 6.07) is 0.839. The van der Waals surface area contributed by atoms with Crippen molar-refractivity contribution in [3.05, 3.63) is 0 Å². The third kappa shape index (κ3) is 0.846. The highest BCUT2D eigenvalue weighted by Crippen LogP contribution is 2.29. The zero-order chi connectivity index (χ0) is 4.57. The minimum Gasteiger partial charge on any atom is -0.258 e. The second kappa shape index (κ2) is 1.66. The zero-order valence-electron chi connectivity index (χ0n) is 3.74. The minimum atomic E-state index is 0.839. The van der Waals surface area contributed by atoms with E-state index in [1.165, 1.54) is 6.42 Å². The molecule has 0 aromatic carbocycles. The molecule has 1 rings (SSSR count). The van der Waals surface area contributed by atoms with E-state index in [4.69, 9.17) is 0 Å². The van der Waals surface area contributed by atoms with Gasteiger partial charge in [0, 0.05) is 28.9 Å². The van der Waals surface area contributed by atoms with Gasteiger partial charge in [0.2, 0.25) is 0 Å². The first kappa shape index (κ1) is 4.84. The SMILES string of the molecule is CC1CC1NI. The van der Waals surface area contributed by atoms with E-state index in [1.807, 2.05) is 0 Å². The quantitative estimate of drug-likeness (QED) is 0.494. The molecule has 0 radical (unpaired) electrons. The van der Waals surface area contributed by atoms with Crippen molar-refractivity contribution in [3.63, 3.8) is 0 Å². The molecule has 0 aliphatic heterocycles. The molecule has 1 fully saturated rings. The van der Waals surface area contributed by atoms with E-state index < -0.39 is 0 Å². The molecule has 0 bridgehead atoms. The van der Waals surface area contributed by atoms with Crippen LogP contribution in [0.1, 0.15) is 13.3 Å². The van der Waals surface area contributed by atoms with Gasteiger partial charge in [-0.15, -0.1) is 0 Å². The number of nitrogens with one attached hydrogen (secondary N) is 1. The van der Waals surface area contributed by atoms with E-state index in [-0.39, 0.29) is 0 Å². The fourth-order valence-electron chi connectivity index (χ4n) is 0.474. The van der Waals surface area contributed by atoms with Crippen LogP contribution in [0.5, 0.6) is 0 Å². The molecule has 2 heteroatoms. The van der Waals surface area contributed by atoms with Crippen LogP contribution in [0.15, 0.2) is 0 Å². The molecule has 2 unspecified atom stereocenters. The standard InChI is InChI=1S/C4H8IN/c1-3-2-4(3)6-5/h3-4,6H,2H2,1H3. The third-order valence-electron chi connectivity index (χ3n) is 1.25. The monoisotopic (exact) mass is 197 g/mol. The predicted octanol–water partition coefficient (Wildman–Crippen LogP) is 1.33. The van der Waals surface area contributed by atoms with E-state index in [9.17, 15) is 0 Å². The van der Waals surface area contributed by atoms with Crippen LogP contribution >= 0.6 is 22.9 Å². The maximum atomic E-state index is 3.16. The Morgan fingerprint density at radius 3 is 2.33 bits per heavy atom. The van der Waals surface area contributed by atoms with Gasteiger partial charge in [0.1, 0.15) is 0 Å². The maximum absolute atomic E-state index is 3.16. The Balaban J connectivity index is 2.09. The highest BCUT2D eigenvalue weighted by atomic mass is 127. The van der Waals surface area contributed by atoms with Gasteiger partial charge < -0.3 is 0 Å². The summed E-state index contributed by atoms with van der Waals surface area (Å²) in [5.74, 6) is 0.946. The molecular weight excluding hydrogens is 189 g/mol. The molecule has 1 nitrogen and oxygen atoms in total. The van der Waals surface area contributed by atoms with Gasteiger partial charge in [-0.1, -0.05) is 6.92 Å². The van der Waals surface area contributed by atoms with Crippen LogP contribution in [0.25, 0.3) is 0 Å². The Morgan fingerprint density at radius 2 is 2.33 bits per heavy atom. The van der Waals surface area contributed by atoms with Crippen molar-refractivity contribution in [2.45, 2.75) is 19.4 Å². The first-order valence-electron chi connectivity index (χ1n) is 2.20. The summed E-state index contributed by atoms with van der Waals surface area (Å²) < 4.78 is 3.16. The van der Waals surface area contributed by atoms with Crippen molar-refractivity contribution in [1.82, 2.24) is 3.53 Å². The van der Waals surface area contributed by atoms with Crippen molar-refractivity contribution in [1.29, 1.82) is 0 Å². The summed E-state index contributed by atoms with van der Waals surface area (Å²) in [4.78, 5) is 0. The highest BCUT2D eigenvalue weighted by molar-refractivity contribution is 14.1. The Labute approximate surface area is 52.0 Å². The second-order valence-electron chi connectivity index (χ2n) is 1.93. The highest BCUT2D eigenvalue weighted by Gasteiger charge is 2.30. The van der Waals surface area contributed by atoms with Crippen LogP contribution in [0.4, 0.5) is 0 Å². The Hall–Kier alpha value is 0.690. The molecule has 36 valence electrons. The van der Waals surface area contributed by atoms with E-state index >= 15 is 0 Å². The molecule has 1 N–H and O–H groups in total. The molecule has 1 aliphatic rings. The normalized spacial score (nSPS) is 43.0. The molecule has 1 saturated carbocycles. The number of hydrogen-bond donors (Lipinski definition) is 1. The zero-order valence-corrected chi connectivity index (χ0v) is 5.90. The fourth-order valence-corrected chi connectivity index (χ4v) is 1.34. The second-order valence-corrected chi connectivity index (χ2v) is 2.55. The molecule has 0 heterocycles. The van der Waals surface area contributed by atoms with Crippen LogP contribution < -0.4 is 3.53 Å². The first-order chi connectivity index (χ1) is 2.84. The van der Waals surface area contributed by atoms with Crippen LogP contribution in [0, 0.1) is 5.92 Å². The van der Waals surface area contributed by atoms with Gasteiger partial charge in [0.15, 0.2) is 0 Å². The Morgan fingerprint density at radius 1 is 1.83 bits per heavy atom. The summed E-state index contributed by atoms with van der Waals surface area (Å²) in [7, 11) is 0. The van der Waals surface area contributed by atoms with Crippen LogP contribution in [-0.2, 0) is 0 Å².